The largest absolute Gasteiger partial charge is 0.469 e. The number of carbonyl (C=O) groups excluding carboxylic acids is 1. The molecule has 0 bridgehead atoms. The molecule has 0 N–H and O–H groups in total. The average molecular weight is 215 g/mol. The highest BCUT2D eigenvalue weighted by molar-refractivity contribution is 5.72. The van der Waals surface area contributed by atoms with Crippen LogP contribution in [0, 0.1) is 11.8 Å². The molecule has 3 heteroatoms. The summed E-state index contributed by atoms with van der Waals surface area (Å²) in [7, 11) is 3.50. The van der Waals surface area contributed by atoms with E-state index < -0.39 is 0 Å². The van der Waals surface area contributed by atoms with Crippen LogP contribution in [0.25, 0.3) is 0 Å². The number of hydrogen-bond donors (Lipinski definition) is 0. The Hall–Kier alpha value is -0.570. The highest BCUT2D eigenvalue weighted by atomic mass is 16.5. The van der Waals surface area contributed by atoms with Crippen LogP contribution < -0.4 is 0 Å². The average Bonchev–Trinajstić information content (AvgIpc) is 2.15. The predicted molar refractivity (Wildman–Crippen MR) is 62.7 cm³/mol. The first-order chi connectivity index (χ1) is 6.88. The van der Waals surface area contributed by atoms with Crippen LogP contribution in [0.3, 0.4) is 0 Å². The Balaban J connectivity index is 4.00. The number of carbonyl (C=O) groups is 1. The molecule has 2 atom stereocenters. The van der Waals surface area contributed by atoms with Crippen LogP contribution >= 0.6 is 0 Å². The van der Waals surface area contributed by atoms with Crippen LogP contribution in [0.2, 0.25) is 0 Å². The van der Waals surface area contributed by atoms with Crippen molar-refractivity contribution in [2.45, 2.75) is 40.2 Å². The van der Waals surface area contributed by atoms with Crippen LogP contribution in [-0.2, 0) is 9.53 Å². The fourth-order valence-electron chi connectivity index (χ4n) is 1.75. The topological polar surface area (TPSA) is 29.5 Å². The summed E-state index contributed by atoms with van der Waals surface area (Å²) in [5.74, 6) is 0.518. The highest BCUT2D eigenvalue weighted by Crippen LogP contribution is 2.11. The molecular weight excluding hydrogens is 190 g/mol. The van der Waals surface area contributed by atoms with Gasteiger partial charge >= 0.3 is 5.97 Å². The van der Waals surface area contributed by atoms with Crippen LogP contribution in [0.4, 0.5) is 0 Å². The third kappa shape index (κ3) is 5.78. The van der Waals surface area contributed by atoms with Crippen molar-refractivity contribution < 1.29 is 9.53 Å². The first-order valence-electron chi connectivity index (χ1n) is 5.66. The maximum absolute atomic E-state index is 11.2. The van der Waals surface area contributed by atoms with Gasteiger partial charge in [0.1, 0.15) is 0 Å². The lowest BCUT2D eigenvalue weighted by atomic mass is 10.0. The van der Waals surface area contributed by atoms with Crippen LogP contribution in [-0.4, -0.2) is 37.6 Å². The van der Waals surface area contributed by atoms with E-state index in [1.54, 1.807) is 0 Å². The van der Waals surface area contributed by atoms with E-state index in [9.17, 15) is 4.79 Å². The second kappa shape index (κ2) is 6.83. The molecule has 90 valence electrons. The van der Waals surface area contributed by atoms with Crippen molar-refractivity contribution in [2.75, 3.05) is 20.7 Å². The monoisotopic (exact) mass is 215 g/mol. The van der Waals surface area contributed by atoms with Crippen LogP contribution in [0.5, 0.6) is 0 Å². The molecule has 0 fully saturated rings. The Kier molecular flexibility index (Phi) is 6.57. The molecule has 3 nitrogen and oxygen atoms in total. The maximum atomic E-state index is 11.2. The molecule has 0 aromatic rings. The van der Waals surface area contributed by atoms with E-state index in [4.69, 9.17) is 4.74 Å². The van der Waals surface area contributed by atoms with Gasteiger partial charge in [-0.3, -0.25) is 4.79 Å². The molecule has 0 saturated carbocycles. The van der Waals surface area contributed by atoms with E-state index in [2.05, 4.69) is 32.7 Å². The number of ether oxygens (including phenoxy) is 1. The fourth-order valence-corrected chi connectivity index (χ4v) is 1.75. The number of methoxy groups -OCH3 is 1. The minimum Gasteiger partial charge on any atom is -0.469 e. The maximum Gasteiger partial charge on any atom is 0.309 e. The van der Waals surface area contributed by atoms with Crippen molar-refractivity contribution in [3.8, 4) is 0 Å². The lowest BCUT2D eigenvalue weighted by Crippen LogP contribution is -2.36. The molecule has 0 spiro atoms. The van der Waals surface area contributed by atoms with E-state index >= 15 is 0 Å². The van der Waals surface area contributed by atoms with Crippen molar-refractivity contribution in [1.82, 2.24) is 4.90 Å². The second-order valence-corrected chi connectivity index (χ2v) is 4.84. The van der Waals surface area contributed by atoms with Gasteiger partial charge in [-0.15, -0.1) is 0 Å². The smallest absolute Gasteiger partial charge is 0.309 e. The van der Waals surface area contributed by atoms with Crippen molar-refractivity contribution in [1.29, 1.82) is 0 Å². The standard InChI is InChI=1S/C12H25NO2/c1-9(2)7-11(4)13(5)8-10(3)12(14)15-6/h9-11H,7-8H2,1-6H3. The summed E-state index contributed by atoms with van der Waals surface area (Å²) in [6.45, 7) is 9.30. The van der Waals surface area contributed by atoms with Gasteiger partial charge in [0.15, 0.2) is 0 Å². The predicted octanol–water partition coefficient (Wildman–Crippen LogP) is 2.16. The van der Waals surface area contributed by atoms with Gasteiger partial charge in [0.2, 0.25) is 0 Å². The zero-order valence-corrected chi connectivity index (χ0v) is 10.9. The molecule has 0 amide bonds. The summed E-state index contributed by atoms with van der Waals surface area (Å²) in [4.78, 5) is 13.5. The minimum absolute atomic E-state index is 0.0467. The number of rotatable bonds is 6. The third-order valence-corrected chi connectivity index (χ3v) is 2.73. The van der Waals surface area contributed by atoms with Crippen molar-refractivity contribution >= 4 is 5.97 Å². The molecule has 0 saturated heterocycles. The Bertz CT molecular complexity index is 192. The van der Waals surface area contributed by atoms with Crippen molar-refractivity contribution in [3.63, 3.8) is 0 Å². The summed E-state index contributed by atoms with van der Waals surface area (Å²) >= 11 is 0. The van der Waals surface area contributed by atoms with Gasteiger partial charge < -0.3 is 9.64 Å². The van der Waals surface area contributed by atoms with E-state index in [0.717, 1.165) is 13.0 Å². The molecule has 0 aliphatic heterocycles. The van der Waals surface area contributed by atoms with Gasteiger partial charge in [-0.1, -0.05) is 20.8 Å². The lowest BCUT2D eigenvalue weighted by molar-refractivity contribution is -0.145. The molecule has 15 heavy (non-hydrogen) atoms. The minimum atomic E-state index is -0.126. The molecule has 0 heterocycles. The Morgan fingerprint density at radius 3 is 2.20 bits per heavy atom. The molecule has 2 unspecified atom stereocenters. The summed E-state index contributed by atoms with van der Waals surface area (Å²) in [6, 6.07) is 0.511. The zero-order valence-electron chi connectivity index (χ0n) is 10.9. The molecule has 0 aromatic carbocycles. The second-order valence-electron chi connectivity index (χ2n) is 4.84. The normalized spacial score (nSPS) is 15.5. The van der Waals surface area contributed by atoms with Gasteiger partial charge in [-0.2, -0.15) is 0 Å². The Morgan fingerprint density at radius 1 is 1.27 bits per heavy atom. The number of esters is 1. The van der Waals surface area contributed by atoms with E-state index in [1.807, 2.05) is 6.92 Å². The lowest BCUT2D eigenvalue weighted by Gasteiger charge is -2.27. The quantitative estimate of drug-likeness (QED) is 0.636. The molecule has 0 rings (SSSR count). The number of nitrogens with zero attached hydrogens (tertiary/aromatic N) is 1. The van der Waals surface area contributed by atoms with Gasteiger partial charge in [0, 0.05) is 12.6 Å². The summed E-state index contributed by atoms with van der Waals surface area (Å²) in [5.41, 5.74) is 0. The molecular formula is C12H25NO2. The molecule has 0 aromatic heterocycles. The zero-order chi connectivity index (χ0) is 12.0. The third-order valence-electron chi connectivity index (χ3n) is 2.73. The molecule has 0 aliphatic carbocycles. The fraction of sp³-hybridized carbons (Fsp3) is 0.917. The van der Waals surface area contributed by atoms with Gasteiger partial charge in [0.05, 0.1) is 13.0 Å². The van der Waals surface area contributed by atoms with Crippen molar-refractivity contribution in [2.24, 2.45) is 11.8 Å². The summed E-state index contributed by atoms with van der Waals surface area (Å²) in [6.07, 6.45) is 1.16. The number of hydrogen-bond acceptors (Lipinski definition) is 3. The van der Waals surface area contributed by atoms with Crippen LogP contribution in [0.15, 0.2) is 0 Å². The van der Waals surface area contributed by atoms with Crippen molar-refractivity contribution in [3.05, 3.63) is 0 Å². The van der Waals surface area contributed by atoms with Gasteiger partial charge in [0.25, 0.3) is 0 Å². The Morgan fingerprint density at radius 2 is 1.80 bits per heavy atom. The van der Waals surface area contributed by atoms with E-state index in [1.165, 1.54) is 7.11 Å². The summed E-state index contributed by atoms with van der Waals surface area (Å²) in [5, 5.41) is 0. The highest BCUT2D eigenvalue weighted by Gasteiger charge is 2.18. The summed E-state index contributed by atoms with van der Waals surface area (Å²) < 4.78 is 4.71. The first kappa shape index (κ1) is 14.4. The van der Waals surface area contributed by atoms with Crippen LogP contribution in [0.1, 0.15) is 34.1 Å². The Labute approximate surface area is 93.8 Å². The molecule has 0 radical (unpaired) electrons. The first-order valence-corrected chi connectivity index (χ1v) is 5.66. The van der Waals surface area contributed by atoms with E-state index in [0.29, 0.717) is 12.0 Å². The molecule has 0 aliphatic rings. The van der Waals surface area contributed by atoms with Gasteiger partial charge in [-0.25, -0.2) is 0 Å². The van der Waals surface area contributed by atoms with E-state index in [-0.39, 0.29) is 11.9 Å². The SMILES string of the molecule is COC(=O)C(C)CN(C)C(C)CC(C)C. The van der Waals surface area contributed by atoms with Gasteiger partial charge in [-0.05, 0) is 26.3 Å².